The first-order valence-electron chi connectivity index (χ1n) is 7.88. The fourth-order valence-corrected chi connectivity index (χ4v) is 2.49. The quantitative estimate of drug-likeness (QED) is 0.772. The molecule has 10 heteroatoms. The number of ether oxygens (including phenoxy) is 1. The van der Waals surface area contributed by atoms with E-state index in [4.69, 9.17) is 4.74 Å². The fourth-order valence-electron chi connectivity index (χ4n) is 2.49. The van der Waals surface area contributed by atoms with E-state index in [1.54, 1.807) is 18.3 Å². The third-order valence-electron chi connectivity index (χ3n) is 3.56. The molecule has 26 heavy (non-hydrogen) atoms. The summed E-state index contributed by atoms with van der Waals surface area (Å²) in [5.41, 5.74) is 1.78. The van der Waals surface area contributed by atoms with Crippen molar-refractivity contribution in [1.29, 1.82) is 0 Å². The Labute approximate surface area is 148 Å². The van der Waals surface area contributed by atoms with Crippen LogP contribution >= 0.6 is 0 Å². The molecule has 1 heterocycles. The average Bonchev–Trinajstić information content (AvgIpc) is 2.79. The number of imide groups is 1. The predicted octanol–water partition coefficient (Wildman–Crippen LogP) is 2.62. The maximum atomic E-state index is 12.2. The second-order valence-corrected chi connectivity index (χ2v) is 6.08. The van der Waals surface area contributed by atoms with Crippen molar-refractivity contribution in [3.8, 4) is 0 Å². The number of nitrogens with one attached hydrogen (secondary N) is 2. The molecule has 0 saturated carbocycles. The molecule has 3 amide bonds. The molecule has 1 rings (SSSR count). The van der Waals surface area contributed by atoms with Crippen LogP contribution in [-0.4, -0.2) is 41.3 Å². The first-order valence-corrected chi connectivity index (χ1v) is 7.88. The van der Waals surface area contributed by atoms with Gasteiger partial charge in [0.05, 0.1) is 5.56 Å². The molecule has 0 bridgehead atoms. The lowest BCUT2D eigenvalue weighted by Crippen LogP contribution is -2.47. The number of amides is 3. The van der Waals surface area contributed by atoms with Crippen LogP contribution in [0.1, 0.15) is 48.6 Å². The van der Waals surface area contributed by atoms with Crippen LogP contribution in [0.2, 0.25) is 0 Å². The third kappa shape index (κ3) is 5.78. The summed E-state index contributed by atoms with van der Waals surface area (Å²) < 4.78 is 42.9. The molecule has 1 aromatic rings. The second-order valence-electron chi connectivity index (χ2n) is 6.08. The number of urea groups is 1. The molecule has 0 radical (unpaired) electrons. The van der Waals surface area contributed by atoms with Gasteiger partial charge in [0.2, 0.25) is 0 Å². The molecule has 0 unspecified atom stereocenters. The molecule has 2 N–H and O–H groups in total. The maximum Gasteiger partial charge on any atom is 0.405 e. The van der Waals surface area contributed by atoms with Gasteiger partial charge in [-0.25, -0.2) is 9.59 Å². The first-order chi connectivity index (χ1) is 11.8. The van der Waals surface area contributed by atoms with Crippen LogP contribution in [0.3, 0.4) is 0 Å². The molecule has 146 valence electrons. The van der Waals surface area contributed by atoms with Crippen molar-refractivity contribution in [2.75, 3.05) is 6.54 Å². The molecule has 1 atom stereocenters. The predicted molar refractivity (Wildman–Crippen MR) is 86.8 cm³/mol. The van der Waals surface area contributed by atoms with Gasteiger partial charge in [-0.15, -0.1) is 0 Å². The zero-order valence-corrected chi connectivity index (χ0v) is 15.2. The zero-order chi connectivity index (χ0) is 20.2. The summed E-state index contributed by atoms with van der Waals surface area (Å²) in [6, 6.07) is 0.418. The summed E-state index contributed by atoms with van der Waals surface area (Å²) in [7, 11) is 0. The van der Waals surface area contributed by atoms with Gasteiger partial charge in [-0.05, 0) is 40.7 Å². The largest absolute Gasteiger partial charge is 0.449 e. The maximum absolute atomic E-state index is 12.2. The van der Waals surface area contributed by atoms with E-state index in [1.165, 1.54) is 12.2 Å². The number of halogens is 3. The van der Waals surface area contributed by atoms with Gasteiger partial charge < -0.3 is 14.6 Å². The Bertz CT molecular complexity index is 696. The molecule has 0 saturated heterocycles. The van der Waals surface area contributed by atoms with Crippen molar-refractivity contribution in [2.24, 2.45) is 0 Å². The van der Waals surface area contributed by atoms with Gasteiger partial charge in [-0.2, -0.15) is 13.2 Å². The molecule has 0 fully saturated rings. The monoisotopic (exact) mass is 377 g/mol. The average molecular weight is 377 g/mol. The number of aromatic nitrogens is 1. The Morgan fingerprint density at radius 3 is 2.23 bits per heavy atom. The van der Waals surface area contributed by atoms with Gasteiger partial charge in [0.25, 0.3) is 5.91 Å². The summed E-state index contributed by atoms with van der Waals surface area (Å²) in [6.45, 7) is 7.09. The number of aryl methyl sites for hydroxylation is 1. The summed E-state index contributed by atoms with van der Waals surface area (Å²) in [6.07, 6.45) is -5.96. The van der Waals surface area contributed by atoms with Crippen molar-refractivity contribution in [3.05, 3.63) is 23.0 Å². The smallest absolute Gasteiger partial charge is 0.405 e. The normalized spacial score (nSPS) is 12.7. The standard InChI is InChI=1S/C16H22F3N3O4/c1-8(2)22-9(3)6-12(10(22)4)14(24)26-11(5)13(23)21-15(25)20-7-16(17,18)19/h6,8,11H,7H2,1-5H3,(H2,20,21,23,25)/t11-/m1/s1. The van der Waals surface area contributed by atoms with E-state index in [9.17, 15) is 27.6 Å². The van der Waals surface area contributed by atoms with Crippen molar-refractivity contribution >= 4 is 17.9 Å². The molecule has 0 aliphatic rings. The van der Waals surface area contributed by atoms with Crippen LogP contribution in [0.25, 0.3) is 0 Å². The molecular weight excluding hydrogens is 355 g/mol. The van der Waals surface area contributed by atoms with E-state index >= 15 is 0 Å². The minimum absolute atomic E-state index is 0.120. The van der Waals surface area contributed by atoms with Gasteiger partial charge in [-0.1, -0.05) is 0 Å². The number of alkyl halides is 3. The number of nitrogens with zero attached hydrogens (tertiary/aromatic N) is 1. The van der Waals surface area contributed by atoms with Crippen LogP contribution in [0.4, 0.5) is 18.0 Å². The highest BCUT2D eigenvalue weighted by atomic mass is 19.4. The van der Waals surface area contributed by atoms with Crippen LogP contribution in [0.5, 0.6) is 0 Å². The Hall–Kier alpha value is -2.52. The lowest BCUT2D eigenvalue weighted by molar-refractivity contribution is -0.129. The summed E-state index contributed by atoms with van der Waals surface area (Å²) in [4.78, 5) is 35.3. The highest BCUT2D eigenvalue weighted by Gasteiger charge is 2.29. The van der Waals surface area contributed by atoms with E-state index in [2.05, 4.69) is 0 Å². The van der Waals surface area contributed by atoms with Crippen LogP contribution < -0.4 is 10.6 Å². The Kier molecular flexibility index (Phi) is 6.82. The van der Waals surface area contributed by atoms with Crippen LogP contribution in [-0.2, 0) is 9.53 Å². The summed E-state index contributed by atoms with van der Waals surface area (Å²) in [5.74, 6) is -1.79. The minimum atomic E-state index is -4.60. The lowest BCUT2D eigenvalue weighted by atomic mass is 10.2. The van der Waals surface area contributed by atoms with Crippen LogP contribution in [0.15, 0.2) is 6.07 Å². The Morgan fingerprint density at radius 2 is 1.77 bits per heavy atom. The van der Waals surface area contributed by atoms with Crippen molar-refractivity contribution in [1.82, 2.24) is 15.2 Å². The SMILES string of the molecule is Cc1cc(C(=O)O[C@H](C)C(=O)NC(=O)NCC(F)(F)F)c(C)n1C(C)C. The minimum Gasteiger partial charge on any atom is -0.449 e. The van der Waals surface area contributed by atoms with E-state index < -0.39 is 36.7 Å². The number of rotatable bonds is 5. The van der Waals surface area contributed by atoms with E-state index in [-0.39, 0.29) is 11.6 Å². The number of carbonyl (C=O) groups is 3. The Balaban J connectivity index is 2.68. The Morgan fingerprint density at radius 1 is 1.19 bits per heavy atom. The summed E-state index contributed by atoms with van der Waals surface area (Å²) >= 11 is 0. The number of hydrogen-bond donors (Lipinski definition) is 2. The van der Waals surface area contributed by atoms with Crippen molar-refractivity contribution in [3.63, 3.8) is 0 Å². The van der Waals surface area contributed by atoms with E-state index in [0.29, 0.717) is 5.69 Å². The van der Waals surface area contributed by atoms with Gasteiger partial charge in [0.1, 0.15) is 6.54 Å². The van der Waals surface area contributed by atoms with Crippen molar-refractivity contribution in [2.45, 2.75) is 52.9 Å². The molecule has 1 aromatic heterocycles. The summed E-state index contributed by atoms with van der Waals surface area (Å²) in [5, 5.41) is 3.17. The molecule has 7 nitrogen and oxygen atoms in total. The zero-order valence-electron chi connectivity index (χ0n) is 15.2. The molecule has 0 aromatic carbocycles. The van der Waals surface area contributed by atoms with Crippen LogP contribution in [0, 0.1) is 13.8 Å². The van der Waals surface area contributed by atoms with Gasteiger partial charge in [0.15, 0.2) is 6.10 Å². The molecule has 0 aliphatic heterocycles. The van der Waals surface area contributed by atoms with Gasteiger partial charge in [-0.3, -0.25) is 10.1 Å². The second kappa shape index (κ2) is 8.24. The lowest BCUT2D eigenvalue weighted by Gasteiger charge is -2.15. The number of hydrogen-bond acceptors (Lipinski definition) is 4. The number of carbonyl (C=O) groups excluding carboxylic acids is 3. The molecule has 0 aliphatic carbocycles. The van der Waals surface area contributed by atoms with Gasteiger partial charge in [0, 0.05) is 17.4 Å². The third-order valence-corrected chi connectivity index (χ3v) is 3.56. The first kappa shape index (κ1) is 21.5. The number of esters is 1. The van der Waals surface area contributed by atoms with E-state index in [1.807, 2.05) is 25.3 Å². The topological polar surface area (TPSA) is 89.4 Å². The van der Waals surface area contributed by atoms with Crippen molar-refractivity contribution < 1.29 is 32.3 Å². The highest BCUT2D eigenvalue weighted by molar-refractivity contribution is 5.98. The fraction of sp³-hybridized carbons (Fsp3) is 0.562. The molecule has 0 spiro atoms. The highest BCUT2D eigenvalue weighted by Crippen LogP contribution is 2.21. The molecular formula is C16H22F3N3O4. The van der Waals surface area contributed by atoms with Gasteiger partial charge >= 0.3 is 18.2 Å². The van der Waals surface area contributed by atoms with E-state index in [0.717, 1.165) is 5.69 Å².